The molecule has 0 aromatic carbocycles. The number of carbonyl (C=O) groups excluding carboxylic acids is 2. The number of hydrogen-bond acceptors (Lipinski definition) is 3. The molecule has 1 aliphatic heterocycles. The van der Waals surface area contributed by atoms with E-state index in [9.17, 15) is 9.59 Å². The zero-order valence-electron chi connectivity index (χ0n) is 13.2. The van der Waals surface area contributed by atoms with Gasteiger partial charge >= 0.3 is 5.97 Å². The summed E-state index contributed by atoms with van der Waals surface area (Å²) < 4.78 is 5.30. The summed E-state index contributed by atoms with van der Waals surface area (Å²) in [6.07, 6.45) is 5.29. The van der Waals surface area contributed by atoms with Crippen molar-refractivity contribution in [2.45, 2.75) is 59.3 Å². The lowest BCUT2D eigenvalue weighted by Crippen LogP contribution is -2.41. The van der Waals surface area contributed by atoms with Crippen LogP contribution in [0.4, 0.5) is 0 Å². The number of ether oxygens (including phenoxy) is 1. The van der Waals surface area contributed by atoms with Gasteiger partial charge in [-0.25, -0.2) is 0 Å². The second-order valence-electron chi connectivity index (χ2n) is 6.13. The molecule has 0 saturated carbocycles. The molecule has 116 valence electrons. The van der Waals surface area contributed by atoms with E-state index < -0.39 is 0 Å². The number of nitrogens with zero attached hydrogens (tertiary/aromatic N) is 1. The average molecular weight is 283 g/mol. The Morgan fingerprint density at radius 1 is 1.20 bits per heavy atom. The molecular weight excluding hydrogens is 254 g/mol. The predicted molar refractivity (Wildman–Crippen MR) is 79.2 cm³/mol. The van der Waals surface area contributed by atoms with Crippen molar-refractivity contribution in [2.24, 2.45) is 11.8 Å². The standard InChI is InChI=1S/C16H29NO3/c1-4-5-6-11-20-16(19)14-7-9-17(10-8-14)15(18)12-13(2)3/h13-14H,4-12H2,1-3H3. The van der Waals surface area contributed by atoms with E-state index in [4.69, 9.17) is 4.74 Å². The molecule has 1 fully saturated rings. The maximum atomic E-state index is 11.9. The van der Waals surface area contributed by atoms with Crippen LogP contribution < -0.4 is 0 Å². The van der Waals surface area contributed by atoms with Crippen LogP contribution in [0.1, 0.15) is 59.3 Å². The second kappa shape index (κ2) is 8.98. The van der Waals surface area contributed by atoms with Gasteiger partial charge in [-0.05, 0) is 25.2 Å². The molecule has 1 saturated heterocycles. The first-order chi connectivity index (χ1) is 9.54. The number of carbonyl (C=O) groups is 2. The molecule has 1 rings (SSSR count). The highest BCUT2D eigenvalue weighted by Gasteiger charge is 2.28. The average Bonchev–Trinajstić information content (AvgIpc) is 2.43. The van der Waals surface area contributed by atoms with Crippen LogP contribution in [0.25, 0.3) is 0 Å². The number of rotatable bonds is 7. The first-order valence-electron chi connectivity index (χ1n) is 7.99. The summed E-state index contributed by atoms with van der Waals surface area (Å²) in [7, 11) is 0. The van der Waals surface area contributed by atoms with Crippen molar-refractivity contribution in [3.8, 4) is 0 Å². The van der Waals surface area contributed by atoms with E-state index in [1.165, 1.54) is 0 Å². The molecule has 0 unspecified atom stereocenters. The minimum atomic E-state index is -0.0722. The third kappa shape index (κ3) is 5.93. The molecule has 0 aromatic rings. The van der Waals surface area contributed by atoms with E-state index in [0.717, 1.165) is 32.1 Å². The van der Waals surface area contributed by atoms with Gasteiger partial charge < -0.3 is 9.64 Å². The molecule has 4 heteroatoms. The molecule has 0 atom stereocenters. The summed E-state index contributed by atoms with van der Waals surface area (Å²) in [5.74, 6) is 0.523. The minimum Gasteiger partial charge on any atom is -0.465 e. The highest BCUT2D eigenvalue weighted by atomic mass is 16.5. The lowest BCUT2D eigenvalue weighted by Gasteiger charge is -2.31. The van der Waals surface area contributed by atoms with E-state index in [-0.39, 0.29) is 17.8 Å². The molecule has 1 amide bonds. The molecule has 0 aromatic heterocycles. The quantitative estimate of drug-likeness (QED) is 0.533. The number of amides is 1. The van der Waals surface area contributed by atoms with Gasteiger partial charge in [-0.2, -0.15) is 0 Å². The number of unbranched alkanes of at least 4 members (excludes halogenated alkanes) is 2. The van der Waals surface area contributed by atoms with Crippen molar-refractivity contribution in [2.75, 3.05) is 19.7 Å². The molecule has 1 aliphatic rings. The summed E-state index contributed by atoms with van der Waals surface area (Å²) in [5.41, 5.74) is 0. The molecule has 0 spiro atoms. The normalized spacial score (nSPS) is 16.5. The maximum absolute atomic E-state index is 11.9. The Morgan fingerprint density at radius 3 is 2.40 bits per heavy atom. The van der Waals surface area contributed by atoms with Crippen LogP contribution in [0, 0.1) is 11.8 Å². The Hall–Kier alpha value is -1.06. The van der Waals surface area contributed by atoms with Gasteiger partial charge in [0.2, 0.25) is 5.91 Å². The Bertz CT molecular complexity index is 307. The third-order valence-electron chi connectivity index (χ3n) is 3.76. The van der Waals surface area contributed by atoms with Crippen LogP contribution in [0.2, 0.25) is 0 Å². The summed E-state index contributed by atoms with van der Waals surface area (Å²) in [4.78, 5) is 25.7. The van der Waals surface area contributed by atoms with Gasteiger partial charge in [0.15, 0.2) is 0 Å². The fourth-order valence-electron chi connectivity index (χ4n) is 2.49. The van der Waals surface area contributed by atoms with Crippen LogP contribution in [0.5, 0.6) is 0 Å². The van der Waals surface area contributed by atoms with Crippen LogP contribution in [-0.4, -0.2) is 36.5 Å². The van der Waals surface area contributed by atoms with Gasteiger partial charge in [0.25, 0.3) is 0 Å². The number of likely N-dealkylation sites (tertiary alicyclic amines) is 1. The topological polar surface area (TPSA) is 46.6 Å². The Kier molecular flexibility index (Phi) is 7.63. The van der Waals surface area contributed by atoms with Gasteiger partial charge in [0.1, 0.15) is 0 Å². The molecule has 0 N–H and O–H groups in total. The lowest BCUT2D eigenvalue weighted by atomic mass is 9.96. The van der Waals surface area contributed by atoms with Crippen LogP contribution in [-0.2, 0) is 14.3 Å². The largest absolute Gasteiger partial charge is 0.465 e. The number of esters is 1. The van der Waals surface area contributed by atoms with Gasteiger partial charge in [-0.3, -0.25) is 9.59 Å². The highest BCUT2D eigenvalue weighted by Crippen LogP contribution is 2.20. The van der Waals surface area contributed by atoms with Gasteiger partial charge in [-0.15, -0.1) is 0 Å². The van der Waals surface area contributed by atoms with Crippen LogP contribution >= 0.6 is 0 Å². The second-order valence-corrected chi connectivity index (χ2v) is 6.13. The highest BCUT2D eigenvalue weighted by molar-refractivity contribution is 5.77. The maximum Gasteiger partial charge on any atom is 0.309 e. The predicted octanol–water partition coefficient (Wildman–Crippen LogP) is 3.00. The summed E-state index contributed by atoms with van der Waals surface area (Å²) in [5, 5.41) is 0. The Labute approximate surface area is 122 Å². The Balaban J connectivity index is 2.24. The SMILES string of the molecule is CCCCCOC(=O)C1CCN(C(=O)CC(C)C)CC1. The molecule has 0 bridgehead atoms. The van der Waals surface area contributed by atoms with Gasteiger partial charge in [0.05, 0.1) is 12.5 Å². The van der Waals surface area contributed by atoms with E-state index in [1.54, 1.807) is 0 Å². The fraction of sp³-hybridized carbons (Fsp3) is 0.875. The molecule has 1 heterocycles. The first kappa shape index (κ1) is 17.0. The summed E-state index contributed by atoms with van der Waals surface area (Å²) >= 11 is 0. The molecule has 4 nitrogen and oxygen atoms in total. The smallest absolute Gasteiger partial charge is 0.309 e. The van der Waals surface area contributed by atoms with E-state index in [1.807, 2.05) is 4.90 Å². The van der Waals surface area contributed by atoms with Crippen molar-refractivity contribution in [1.29, 1.82) is 0 Å². The minimum absolute atomic E-state index is 0.0141. The van der Waals surface area contributed by atoms with E-state index >= 15 is 0 Å². The fourth-order valence-corrected chi connectivity index (χ4v) is 2.49. The van der Waals surface area contributed by atoms with E-state index in [0.29, 0.717) is 32.0 Å². The zero-order chi connectivity index (χ0) is 15.0. The van der Waals surface area contributed by atoms with Gasteiger partial charge in [-0.1, -0.05) is 33.6 Å². The number of piperidine rings is 1. The molecule has 20 heavy (non-hydrogen) atoms. The summed E-state index contributed by atoms with van der Waals surface area (Å²) in [6, 6.07) is 0. The summed E-state index contributed by atoms with van der Waals surface area (Å²) in [6.45, 7) is 8.17. The van der Waals surface area contributed by atoms with Gasteiger partial charge in [0, 0.05) is 19.5 Å². The van der Waals surface area contributed by atoms with E-state index in [2.05, 4.69) is 20.8 Å². The Morgan fingerprint density at radius 2 is 1.85 bits per heavy atom. The monoisotopic (exact) mass is 283 g/mol. The van der Waals surface area contributed by atoms with Crippen molar-refractivity contribution >= 4 is 11.9 Å². The number of hydrogen-bond donors (Lipinski definition) is 0. The van der Waals surface area contributed by atoms with Crippen molar-refractivity contribution in [3.63, 3.8) is 0 Å². The molecule has 0 radical (unpaired) electrons. The molecular formula is C16H29NO3. The van der Waals surface area contributed by atoms with Crippen molar-refractivity contribution < 1.29 is 14.3 Å². The first-order valence-corrected chi connectivity index (χ1v) is 7.99. The lowest BCUT2D eigenvalue weighted by molar-refractivity contribution is -0.152. The zero-order valence-corrected chi connectivity index (χ0v) is 13.2. The molecule has 0 aliphatic carbocycles. The third-order valence-corrected chi connectivity index (χ3v) is 3.76. The van der Waals surface area contributed by atoms with Crippen molar-refractivity contribution in [3.05, 3.63) is 0 Å². The van der Waals surface area contributed by atoms with Crippen LogP contribution in [0.15, 0.2) is 0 Å². The van der Waals surface area contributed by atoms with Crippen molar-refractivity contribution in [1.82, 2.24) is 4.90 Å². The van der Waals surface area contributed by atoms with Crippen LogP contribution in [0.3, 0.4) is 0 Å².